The number of carbonyl (C=O) groups excluding carboxylic acids is 4. The van der Waals surface area contributed by atoms with Gasteiger partial charge in [0.05, 0.1) is 56.6 Å². The van der Waals surface area contributed by atoms with Crippen molar-refractivity contribution < 1.29 is 33.0 Å². The Morgan fingerprint density at radius 3 is 1.52 bits per heavy atom. The number of amides is 4. The Kier molecular flexibility index (Phi) is 11.2. The standard InChI is InChI=1S/C50H61FN8O6/c1-24(2)43(56-49(62)64-5)47(60)58-17-7-8-37(58)45-52-21-35(54-45)33-15-13-31(39-26-9-11-28(18-26)41(33)39)32-14-16-34(42-29-12-10-27(19-29)40(32)42)36-22-53-46(55-36)38-20-30(51)23-59(38)48(61)44(25(3)4)57-50(63)65-6/h13-16,21-22,24-30,37-38,43-44H,7-12,17-20,23H2,1-6H3,(H,52,54)(H,53,55)(H,56,62)(H,57,63). The van der Waals surface area contributed by atoms with Crippen LogP contribution in [0.2, 0.25) is 0 Å². The van der Waals surface area contributed by atoms with Crippen molar-refractivity contribution in [1.29, 1.82) is 0 Å². The average molecular weight is 889 g/mol. The monoisotopic (exact) mass is 888 g/mol. The lowest BCUT2D eigenvalue weighted by Gasteiger charge is -2.30. The highest BCUT2D eigenvalue weighted by Gasteiger charge is 2.46. The van der Waals surface area contributed by atoms with E-state index in [2.05, 4.69) is 44.9 Å². The smallest absolute Gasteiger partial charge is 0.407 e. The molecule has 14 nitrogen and oxygen atoms in total. The van der Waals surface area contributed by atoms with E-state index in [1.807, 2.05) is 45.0 Å². The Morgan fingerprint density at radius 1 is 0.631 bits per heavy atom. The molecule has 4 heterocycles. The van der Waals surface area contributed by atoms with Gasteiger partial charge in [0, 0.05) is 24.1 Å². The summed E-state index contributed by atoms with van der Waals surface area (Å²) >= 11 is 0. The van der Waals surface area contributed by atoms with Crippen LogP contribution in [-0.4, -0.2) is 99.3 Å². The van der Waals surface area contributed by atoms with Crippen LogP contribution < -0.4 is 10.6 Å². The minimum atomic E-state index is -1.21. The molecule has 0 spiro atoms. The fourth-order valence-electron chi connectivity index (χ4n) is 12.6. The number of halogens is 1. The predicted molar refractivity (Wildman–Crippen MR) is 242 cm³/mol. The van der Waals surface area contributed by atoms with Crippen LogP contribution >= 0.6 is 0 Å². The number of likely N-dealkylation sites (tertiary alicyclic amines) is 2. The van der Waals surface area contributed by atoms with Gasteiger partial charge in [-0.1, -0.05) is 52.0 Å². The molecule has 4 aliphatic carbocycles. The van der Waals surface area contributed by atoms with Crippen LogP contribution in [0.1, 0.15) is 155 Å². The lowest BCUT2D eigenvalue weighted by atomic mass is 9.78. The number of H-pyrrole nitrogens is 2. The zero-order valence-electron chi connectivity index (χ0n) is 38.2. The molecule has 2 saturated heterocycles. The normalized spacial score (nSPS) is 25.9. The number of hydrogen-bond donors (Lipinski definition) is 4. The number of methoxy groups -OCH3 is 2. The fourth-order valence-corrected chi connectivity index (χ4v) is 12.6. The number of nitrogens with zero attached hydrogens (tertiary/aromatic N) is 4. The van der Waals surface area contributed by atoms with Gasteiger partial charge in [-0.3, -0.25) is 9.59 Å². The number of benzene rings is 2. The second-order valence-corrected chi connectivity index (χ2v) is 20.0. The molecule has 4 amide bonds. The van der Waals surface area contributed by atoms with Crippen LogP contribution in [0.3, 0.4) is 0 Å². The molecule has 9 unspecified atom stereocenters. The number of alkyl carbamates (subject to hydrolysis) is 2. The first kappa shape index (κ1) is 43.2. The molecule has 15 heteroatoms. The third kappa shape index (κ3) is 7.37. The molecule has 2 saturated carbocycles. The predicted octanol–water partition coefficient (Wildman–Crippen LogP) is 8.90. The molecule has 10 rings (SSSR count). The van der Waals surface area contributed by atoms with E-state index in [0.717, 1.165) is 61.3 Å². The highest BCUT2D eigenvalue weighted by Crippen LogP contribution is 2.62. The SMILES string of the molecule is COC(=O)NC(C(=O)N1CCCC1c1ncc(-c2ccc(-c3ccc(-c4cnc(C5CC(F)CN5C(=O)C(NC(=O)OC)C(C)C)[nH]4)c4c3C3CCC4C3)c3c2C2CCC3C2)[nH]1)C(C)C. The summed E-state index contributed by atoms with van der Waals surface area (Å²) in [6, 6.07) is 6.81. The van der Waals surface area contributed by atoms with E-state index in [1.54, 1.807) is 0 Å². The van der Waals surface area contributed by atoms with Gasteiger partial charge in [-0.25, -0.2) is 23.9 Å². The summed E-state index contributed by atoms with van der Waals surface area (Å²) in [7, 11) is 2.56. The Labute approximate surface area is 379 Å². The summed E-state index contributed by atoms with van der Waals surface area (Å²) in [5.74, 6) is 2.37. The van der Waals surface area contributed by atoms with E-state index in [1.165, 1.54) is 70.9 Å². The van der Waals surface area contributed by atoms with Crippen molar-refractivity contribution in [3.63, 3.8) is 0 Å². The number of aromatic amines is 2. The minimum absolute atomic E-state index is 0.0669. The second kappa shape index (κ2) is 16.9. The van der Waals surface area contributed by atoms with Crippen molar-refractivity contribution in [2.75, 3.05) is 27.3 Å². The van der Waals surface area contributed by atoms with Crippen molar-refractivity contribution in [3.05, 3.63) is 70.6 Å². The summed E-state index contributed by atoms with van der Waals surface area (Å²) < 4.78 is 24.8. The van der Waals surface area contributed by atoms with Gasteiger partial charge in [-0.15, -0.1) is 0 Å². The quantitative estimate of drug-likeness (QED) is 0.116. The minimum Gasteiger partial charge on any atom is -0.453 e. The number of hydrogen-bond acceptors (Lipinski definition) is 8. The molecule has 4 fully saturated rings. The molecule has 2 aliphatic heterocycles. The maximum Gasteiger partial charge on any atom is 0.407 e. The molecule has 6 aliphatic rings. The Balaban J connectivity index is 0.961. The number of ether oxygens (including phenoxy) is 2. The molecule has 2 aromatic heterocycles. The van der Waals surface area contributed by atoms with Gasteiger partial charge in [-0.2, -0.15) is 0 Å². The first-order valence-electron chi connectivity index (χ1n) is 23.7. The Morgan fingerprint density at radius 2 is 1.06 bits per heavy atom. The van der Waals surface area contributed by atoms with Crippen molar-refractivity contribution in [3.8, 4) is 33.6 Å². The summed E-state index contributed by atoms with van der Waals surface area (Å²) in [5.41, 5.74) is 12.5. The first-order chi connectivity index (χ1) is 31.3. The molecule has 65 heavy (non-hydrogen) atoms. The molecule has 0 radical (unpaired) electrons. The van der Waals surface area contributed by atoms with Crippen LogP contribution in [0.5, 0.6) is 0 Å². The van der Waals surface area contributed by atoms with Crippen LogP contribution in [0.4, 0.5) is 14.0 Å². The van der Waals surface area contributed by atoms with E-state index in [4.69, 9.17) is 19.4 Å². The Bertz CT molecular complexity index is 2530. The molecule has 4 bridgehead atoms. The lowest BCUT2D eigenvalue weighted by Crippen LogP contribution is -2.51. The van der Waals surface area contributed by atoms with Crippen molar-refractivity contribution in [2.45, 2.75) is 139 Å². The van der Waals surface area contributed by atoms with Gasteiger partial charge in [0.2, 0.25) is 11.8 Å². The number of rotatable bonds is 11. The summed E-state index contributed by atoms with van der Waals surface area (Å²) in [5, 5.41) is 5.40. The molecular formula is C50H61FN8O6. The summed E-state index contributed by atoms with van der Waals surface area (Å²) in [6.07, 6.45) is 9.93. The van der Waals surface area contributed by atoms with E-state index >= 15 is 4.39 Å². The number of fused-ring (bicyclic) bond motifs is 10. The number of alkyl halides is 1. The van der Waals surface area contributed by atoms with Crippen LogP contribution in [0.15, 0.2) is 36.7 Å². The molecule has 344 valence electrons. The number of imidazole rings is 2. The average Bonchev–Trinajstić information content (AvgIpc) is 4.16. The van der Waals surface area contributed by atoms with Crippen LogP contribution in [0, 0.1) is 11.8 Å². The highest BCUT2D eigenvalue weighted by atomic mass is 19.1. The van der Waals surface area contributed by atoms with Gasteiger partial charge in [0.25, 0.3) is 0 Å². The zero-order chi connectivity index (χ0) is 45.4. The second-order valence-electron chi connectivity index (χ2n) is 20.0. The molecule has 4 N–H and O–H groups in total. The van der Waals surface area contributed by atoms with E-state index in [0.29, 0.717) is 36.0 Å². The fraction of sp³-hybridized carbons (Fsp3) is 0.560. The van der Waals surface area contributed by atoms with Crippen LogP contribution in [0.25, 0.3) is 33.6 Å². The zero-order valence-corrected chi connectivity index (χ0v) is 38.2. The molecular weight excluding hydrogens is 828 g/mol. The summed E-state index contributed by atoms with van der Waals surface area (Å²) in [4.78, 5) is 72.4. The van der Waals surface area contributed by atoms with Gasteiger partial charge < -0.3 is 39.9 Å². The largest absolute Gasteiger partial charge is 0.453 e. The van der Waals surface area contributed by atoms with E-state index < -0.39 is 36.5 Å². The van der Waals surface area contributed by atoms with Crippen molar-refractivity contribution >= 4 is 24.0 Å². The van der Waals surface area contributed by atoms with Crippen LogP contribution in [-0.2, 0) is 19.1 Å². The highest BCUT2D eigenvalue weighted by molar-refractivity contribution is 5.88. The van der Waals surface area contributed by atoms with Gasteiger partial charge in [-0.05, 0) is 120 Å². The topological polar surface area (TPSA) is 175 Å². The molecule has 2 aromatic carbocycles. The maximum atomic E-state index is 15.2. The van der Waals surface area contributed by atoms with Crippen molar-refractivity contribution in [1.82, 2.24) is 40.4 Å². The van der Waals surface area contributed by atoms with Gasteiger partial charge in [0.1, 0.15) is 29.9 Å². The third-order valence-electron chi connectivity index (χ3n) is 15.6. The molecule has 9 atom stereocenters. The molecule has 4 aromatic rings. The Hall–Kier alpha value is -5.73. The first-order valence-corrected chi connectivity index (χ1v) is 23.7. The van der Waals surface area contributed by atoms with Gasteiger partial charge in [0.15, 0.2) is 0 Å². The number of carbonyl (C=O) groups is 4. The van der Waals surface area contributed by atoms with E-state index in [-0.39, 0.29) is 42.7 Å². The maximum absolute atomic E-state index is 15.2. The number of nitrogens with one attached hydrogen (secondary N) is 4. The lowest BCUT2D eigenvalue weighted by molar-refractivity contribution is -0.136. The van der Waals surface area contributed by atoms with E-state index in [9.17, 15) is 19.2 Å². The van der Waals surface area contributed by atoms with Gasteiger partial charge >= 0.3 is 12.2 Å². The third-order valence-corrected chi connectivity index (χ3v) is 15.6. The number of aromatic nitrogens is 4. The van der Waals surface area contributed by atoms with Crippen molar-refractivity contribution in [2.24, 2.45) is 11.8 Å². The summed E-state index contributed by atoms with van der Waals surface area (Å²) in [6.45, 7) is 8.07.